The molecule has 1 aliphatic heterocycles. The standard InChI is InChI=1S/C14H10N2S2.3C6H14N2/c17-13-9-5-1-3-7-11(9)15-14(18)10-6-2-4-8-12(10)16-13;3*7-5-3-1-2-4-6(5)8/h1-8H,(H,15,18)(H,16,17);3*5-6H,1-4,7-8H2/t;3*5-,6-/m.111/s1. The molecule has 1 heterocycles. The Balaban J connectivity index is 0.000000169. The summed E-state index contributed by atoms with van der Waals surface area (Å²) in [4.78, 5) is 5.17. The molecule has 0 unspecified atom stereocenters. The van der Waals surface area contributed by atoms with Crippen molar-refractivity contribution in [2.45, 2.75) is 113 Å². The first-order valence-corrected chi connectivity index (χ1v) is 16.4. The van der Waals surface area contributed by atoms with Crippen molar-refractivity contribution in [1.82, 2.24) is 0 Å². The molecule has 232 valence electrons. The first-order valence-electron chi connectivity index (χ1n) is 15.5. The predicted molar refractivity (Wildman–Crippen MR) is 184 cm³/mol. The minimum Gasteiger partial charge on any atom is -0.760 e. The lowest BCUT2D eigenvalue weighted by atomic mass is 9.92. The minimum absolute atomic E-state index is 0.281. The van der Waals surface area contributed by atoms with Crippen LogP contribution in [-0.2, 0) is 12.6 Å². The van der Waals surface area contributed by atoms with Gasteiger partial charge in [-0.15, -0.1) is 0 Å². The molecule has 3 fully saturated rings. The molecule has 3 saturated carbocycles. The molecule has 0 radical (unpaired) electrons. The second-order valence-electron chi connectivity index (χ2n) is 11.9. The molecule has 42 heavy (non-hydrogen) atoms. The van der Waals surface area contributed by atoms with Crippen molar-refractivity contribution >= 4 is 46.3 Å². The van der Waals surface area contributed by atoms with Crippen LogP contribution < -0.4 is 39.7 Å². The zero-order chi connectivity index (χ0) is 30.5. The fourth-order valence-electron chi connectivity index (χ4n) is 5.51. The van der Waals surface area contributed by atoms with Crippen molar-refractivity contribution in [1.29, 1.82) is 0 Å². The maximum atomic E-state index is 5.72. The average Bonchev–Trinajstić information content (AvgIpc) is 2.99. The van der Waals surface area contributed by atoms with Crippen LogP contribution in [0.15, 0.2) is 53.5 Å². The first kappa shape index (κ1) is 34.5. The summed E-state index contributed by atoms with van der Waals surface area (Å²) >= 11 is 10.8. The molecule has 0 amide bonds. The van der Waals surface area contributed by atoms with Gasteiger partial charge in [0.05, 0.1) is 17.8 Å². The van der Waals surface area contributed by atoms with E-state index in [1.54, 1.807) is 0 Å². The summed E-state index contributed by atoms with van der Waals surface area (Å²) in [7, 11) is 0. The van der Waals surface area contributed by atoms with Crippen LogP contribution in [0.25, 0.3) is 0 Å². The van der Waals surface area contributed by atoms with E-state index in [-0.39, 0.29) is 24.2 Å². The fourth-order valence-corrected chi connectivity index (χ4v) is 6.07. The highest BCUT2D eigenvalue weighted by atomic mass is 32.1. The Morgan fingerprint density at radius 2 is 1.07 bits per heavy atom. The first-order chi connectivity index (χ1) is 20.2. The van der Waals surface area contributed by atoms with Gasteiger partial charge in [0, 0.05) is 41.8 Å². The summed E-state index contributed by atoms with van der Waals surface area (Å²) in [5, 5.41) is 3.81. The van der Waals surface area contributed by atoms with Gasteiger partial charge in [-0.3, -0.25) is 4.99 Å². The number of nitrogens with one attached hydrogen (secondary N) is 1. The summed E-state index contributed by atoms with van der Waals surface area (Å²) in [5.41, 5.74) is 35.8. The van der Waals surface area contributed by atoms with Crippen LogP contribution in [-0.4, -0.2) is 46.3 Å². The number of nitrogens with two attached hydrogens (primary N) is 5. The number of rotatable bonds is 0. The van der Waals surface area contributed by atoms with E-state index < -0.39 is 0 Å². The molecule has 0 saturated heterocycles. The normalized spacial score (nSPS) is 28.5. The van der Waals surface area contributed by atoms with Gasteiger partial charge in [0.2, 0.25) is 0 Å². The Bertz CT molecular complexity index is 1070. The summed E-state index contributed by atoms with van der Waals surface area (Å²) in [6.07, 6.45) is 14.7. The lowest BCUT2D eigenvalue weighted by molar-refractivity contribution is -0.429. The molecule has 2 aromatic rings. The predicted octanol–water partition coefficient (Wildman–Crippen LogP) is 3.34. The molecule has 14 N–H and O–H groups in total. The van der Waals surface area contributed by atoms with E-state index in [4.69, 9.17) is 53.5 Å². The Morgan fingerprint density at radius 3 is 1.52 bits per heavy atom. The van der Waals surface area contributed by atoms with E-state index in [9.17, 15) is 0 Å². The zero-order valence-electron chi connectivity index (χ0n) is 24.9. The van der Waals surface area contributed by atoms with E-state index in [0.717, 1.165) is 48.2 Å². The number of fused-ring (bicyclic) bond motifs is 2. The number of para-hydroxylation sites is 2. The summed E-state index contributed by atoms with van der Waals surface area (Å²) in [6.45, 7) is 0. The van der Waals surface area contributed by atoms with Gasteiger partial charge in [-0.2, -0.15) is 0 Å². The van der Waals surface area contributed by atoms with Crippen LogP contribution >= 0.6 is 12.2 Å². The third-order valence-electron chi connectivity index (χ3n) is 8.49. The largest absolute Gasteiger partial charge is 0.760 e. The van der Waals surface area contributed by atoms with Crippen molar-refractivity contribution in [3.05, 3.63) is 59.7 Å². The van der Waals surface area contributed by atoms with Gasteiger partial charge in [0.15, 0.2) is 0 Å². The number of thiocarbonyl (C=S) groups is 1. The van der Waals surface area contributed by atoms with E-state index in [2.05, 4.69) is 16.0 Å². The molecule has 0 bridgehead atoms. The third-order valence-corrected chi connectivity index (χ3v) is 9.13. The number of hydrogen-bond acceptors (Lipinski definition) is 8. The zero-order valence-corrected chi connectivity index (χ0v) is 26.6. The molecular weight excluding hydrogens is 561 g/mol. The number of nitrogens with zero attached hydrogens (tertiary/aromatic N) is 1. The van der Waals surface area contributed by atoms with Gasteiger partial charge in [-0.05, 0) is 62.3 Å². The van der Waals surface area contributed by atoms with Gasteiger partial charge in [0.1, 0.15) is 4.99 Å². The summed E-state index contributed by atoms with van der Waals surface area (Å²) in [5.74, 6) is 0. The monoisotopic (exact) mass is 612 g/mol. The smallest absolute Gasteiger partial charge is 0.113 e. The maximum absolute atomic E-state index is 5.72. The van der Waals surface area contributed by atoms with Crippen molar-refractivity contribution in [3.63, 3.8) is 0 Å². The number of quaternary nitrogens is 1. The highest BCUT2D eigenvalue weighted by molar-refractivity contribution is 7.81. The van der Waals surface area contributed by atoms with Crippen LogP contribution in [0.5, 0.6) is 0 Å². The Morgan fingerprint density at radius 1 is 0.643 bits per heavy atom. The average molecular weight is 613 g/mol. The third kappa shape index (κ3) is 10.9. The molecule has 8 nitrogen and oxygen atoms in total. The molecule has 4 aliphatic rings. The molecule has 6 atom stereocenters. The highest BCUT2D eigenvalue weighted by Crippen LogP contribution is 2.27. The van der Waals surface area contributed by atoms with Gasteiger partial charge < -0.3 is 52.3 Å². The number of aliphatic imine (C=N–C) groups is 1. The van der Waals surface area contributed by atoms with Crippen LogP contribution in [0.1, 0.15) is 88.2 Å². The SMILES string of the molecule is N[C@@H]1CCCC[C@H]1N.N[C@@H]1CCCC[C@H]1N.N[C@@H]1CCCC[C@H]1[NH3+].S=C1Nc2ccccc2C([S-])=Nc2ccccc21. The van der Waals surface area contributed by atoms with E-state index in [1.807, 2.05) is 48.5 Å². The van der Waals surface area contributed by atoms with Crippen LogP contribution in [0, 0.1) is 0 Å². The molecule has 6 rings (SSSR count). The van der Waals surface area contributed by atoms with Crippen molar-refractivity contribution < 1.29 is 5.73 Å². The molecule has 10 heteroatoms. The lowest BCUT2D eigenvalue weighted by Crippen LogP contribution is -2.69. The van der Waals surface area contributed by atoms with Gasteiger partial charge >= 0.3 is 0 Å². The van der Waals surface area contributed by atoms with E-state index in [1.165, 1.54) is 51.4 Å². The topological polar surface area (TPSA) is 182 Å². The number of hydrogen-bond donors (Lipinski definition) is 7. The summed E-state index contributed by atoms with van der Waals surface area (Å²) < 4.78 is 0. The van der Waals surface area contributed by atoms with Gasteiger partial charge in [-0.25, -0.2) is 0 Å². The van der Waals surface area contributed by atoms with Crippen LogP contribution in [0.4, 0.5) is 11.4 Å². The fraction of sp³-hybridized carbons (Fsp3) is 0.562. The van der Waals surface area contributed by atoms with E-state index >= 15 is 0 Å². The minimum atomic E-state index is 0.281. The van der Waals surface area contributed by atoms with Gasteiger partial charge in [0.25, 0.3) is 0 Å². The maximum Gasteiger partial charge on any atom is 0.113 e. The summed E-state index contributed by atoms with van der Waals surface area (Å²) in [6, 6.07) is 17.6. The molecule has 0 spiro atoms. The van der Waals surface area contributed by atoms with Gasteiger partial charge in [-0.1, -0.05) is 79.7 Å². The van der Waals surface area contributed by atoms with Crippen molar-refractivity contribution in [3.8, 4) is 0 Å². The molecule has 0 aromatic heterocycles. The molecule has 3 aliphatic carbocycles. The Kier molecular flexibility index (Phi) is 14.7. The molecule has 2 aromatic carbocycles. The van der Waals surface area contributed by atoms with Crippen molar-refractivity contribution in [2.75, 3.05) is 5.32 Å². The van der Waals surface area contributed by atoms with Crippen LogP contribution in [0.3, 0.4) is 0 Å². The quantitative estimate of drug-likeness (QED) is 0.175. The highest BCUT2D eigenvalue weighted by Gasteiger charge is 2.20. The number of benzene rings is 2. The van der Waals surface area contributed by atoms with Crippen molar-refractivity contribution in [2.24, 2.45) is 33.7 Å². The second kappa shape index (κ2) is 17.9. The Hall–Kier alpha value is -2.02. The van der Waals surface area contributed by atoms with E-state index in [0.29, 0.717) is 22.1 Å². The second-order valence-corrected chi connectivity index (χ2v) is 12.7. The molecular formula is C32H52N8S2. The number of anilines is 1. The Labute approximate surface area is 263 Å². The lowest BCUT2D eigenvalue weighted by Gasteiger charge is -2.24. The van der Waals surface area contributed by atoms with Crippen LogP contribution in [0.2, 0.25) is 0 Å².